The summed E-state index contributed by atoms with van der Waals surface area (Å²) in [5.41, 5.74) is 1.95. The molecule has 3 rings (SSSR count). The van der Waals surface area contributed by atoms with Crippen LogP contribution >= 0.6 is 0 Å². The van der Waals surface area contributed by atoms with Crippen molar-refractivity contribution >= 4 is 12.0 Å². The summed E-state index contributed by atoms with van der Waals surface area (Å²) in [4.78, 5) is 12.5. The average Bonchev–Trinajstić information content (AvgIpc) is 3.50. The molecular formula is C28H44N2O2. The summed E-state index contributed by atoms with van der Waals surface area (Å²) in [7, 11) is 0. The highest BCUT2D eigenvalue weighted by atomic mass is 16.6. The van der Waals surface area contributed by atoms with Gasteiger partial charge in [-0.15, -0.1) is 0 Å². The van der Waals surface area contributed by atoms with Gasteiger partial charge in [0.15, 0.2) is 0 Å². The number of carbonyl (C=O) groups is 1. The van der Waals surface area contributed by atoms with Crippen molar-refractivity contribution in [2.75, 3.05) is 6.54 Å². The van der Waals surface area contributed by atoms with Crippen molar-refractivity contribution in [1.82, 2.24) is 10.6 Å². The van der Waals surface area contributed by atoms with Gasteiger partial charge in [-0.1, -0.05) is 48.9 Å². The molecular weight excluding hydrogens is 396 g/mol. The molecule has 2 saturated carbocycles. The first kappa shape index (κ1) is 25.0. The number of hydrogen-bond acceptors (Lipinski definition) is 4. The minimum Gasteiger partial charge on any atom is -0.460 e. The quantitative estimate of drug-likeness (QED) is 0.482. The molecule has 0 spiro atoms. The Bertz CT molecular complexity index is 770. The number of esters is 1. The third-order valence-corrected chi connectivity index (χ3v) is 6.79. The van der Waals surface area contributed by atoms with Crippen molar-refractivity contribution in [2.45, 2.75) is 104 Å². The van der Waals surface area contributed by atoms with E-state index in [0.29, 0.717) is 30.6 Å². The van der Waals surface area contributed by atoms with Gasteiger partial charge < -0.3 is 15.4 Å². The fourth-order valence-corrected chi connectivity index (χ4v) is 4.68. The highest BCUT2D eigenvalue weighted by molar-refractivity contribution is 5.76. The lowest BCUT2D eigenvalue weighted by atomic mass is 9.88. The lowest BCUT2D eigenvalue weighted by Gasteiger charge is -2.33. The van der Waals surface area contributed by atoms with Gasteiger partial charge in [0.05, 0.1) is 5.41 Å². The minimum absolute atomic E-state index is 0.122. The molecule has 4 nitrogen and oxygen atoms in total. The van der Waals surface area contributed by atoms with Crippen molar-refractivity contribution in [3.05, 3.63) is 41.5 Å². The maximum Gasteiger partial charge on any atom is 0.313 e. The maximum absolute atomic E-state index is 12.5. The third kappa shape index (κ3) is 7.45. The van der Waals surface area contributed by atoms with Crippen LogP contribution in [0.3, 0.4) is 0 Å². The molecule has 1 unspecified atom stereocenters. The van der Waals surface area contributed by atoms with E-state index in [1.165, 1.54) is 37.7 Å². The molecule has 32 heavy (non-hydrogen) atoms. The molecule has 2 atom stereocenters. The molecule has 0 amide bonds. The molecule has 0 saturated heterocycles. The van der Waals surface area contributed by atoms with Gasteiger partial charge in [-0.05, 0) is 84.6 Å². The molecule has 178 valence electrons. The Morgan fingerprint density at radius 2 is 1.66 bits per heavy atom. The normalized spacial score (nSPS) is 26.6. The maximum atomic E-state index is 12.5. The Balaban J connectivity index is 1.39. The second-order valence-corrected chi connectivity index (χ2v) is 11.4. The van der Waals surface area contributed by atoms with Crippen LogP contribution in [-0.4, -0.2) is 36.2 Å². The van der Waals surface area contributed by atoms with Crippen LogP contribution in [0, 0.1) is 11.3 Å². The van der Waals surface area contributed by atoms with Gasteiger partial charge in [0.25, 0.3) is 0 Å². The minimum atomic E-state index is -0.509. The van der Waals surface area contributed by atoms with E-state index in [9.17, 15) is 4.79 Å². The van der Waals surface area contributed by atoms with Crippen molar-refractivity contribution in [1.29, 1.82) is 0 Å². The van der Waals surface area contributed by atoms with E-state index >= 15 is 0 Å². The van der Waals surface area contributed by atoms with Crippen LogP contribution < -0.4 is 10.6 Å². The summed E-state index contributed by atoms with van der Waals surface area (Å²) in [5, 5.41) is 7.58. The molecule has 4 heteroatoms. The largest absolute Gasteiger partial charge is 0.460 e. The standard InChI is InChI=1S/C28H44N2O2/c1-7-21(17-20-11-9-8-10-12-20)24-18-25(24)30-23-15-13-22(14-16-23)29-19-28(5,6)26(31)32-27(2,3)4/h8-12,17,22-25,29-30H,7,13-16,18-19H2,1-6H3/b21-17+/t22?,23?,24-,25?/m0/s1. The Kier molecular flexibility index (Phi) is 8.21. The van der Waals surface area contributed by atoms with E-state index in [2.05, 4.69) is 54.0 Å². The highest BCUT2D eigenvalue weighted by Gasteiger charge is 2.40. The zero-order chi connectivity index (χ0) is 23.4. The van der Waals surface area contributed by atoms with Gasteiger partial charge in [0.2, 0.25) is 0 Å². The first-order valence-corrected chi connectivity index (χ1v) is 12.6. The van der Waals surface area contributed by atoms with Gasteiger partial charge in [-0.25, -0.2) is 0 Å². The topological polar surface area (TPSA) is 50.4 Å². The summed E-state index contributed by atoms with van der Waals surface area (Å²) >= 11 is 0. The molecule has 2 aliphatic carbocycles. The van der Waals surface area contributed by atoms with Crippen LogP contribution in [-0.2, 0) is 9.53 Å². The van der Waals surface area contributed by atoms with Crippen LogP contribution in [0.2, 0.25) is 0 Å². The molecule has 0 bridgehead atoms. The Morgan fingerprint density at radius 3 is 2.25 bits per heavy atom. The van der Waals surface area contributed by atoms with Gasteiger partial charge in [0, 0.05) is 24.7 Å². The van der Waals surface area contributed by atoms with Crippen LogP contribution in [0.25, 0.3) is 6.08 Å². The summed E-state index contributed by atoms with van der Waals surface area (Å²) in [6, 6.07) is 12.5. The summed E-state index contributed by atoms with van der Waals surface area (Å²) < 4.78 is 5.59. The van der Waals surface area contributed by atoms with Crippen molar-refractivity contribution in [3.63, 3.8) is 0 Å². The summed E-state index contributed by atoms with van der Waals surface area (Å²) in [6.07, 6.45) is 9.53. The first-order valence-electron chi connectivity index (χ1n) is 12.6. The Morgan fingerprint density at radius 1 is 1.03 bits per heavy atom. The van der Waals surface area contributed by atoms with Crippen LogP contribution in [0.15, 0.2) is 35.9 Å². The monoisotopic (exact) mass is 440 g/mol. The molecule has 2 N–H and O–H groups in total. The third-order valence-electron chi connectivity index (χ3n) is 6.79. The number of nitrogens with one attached hydrogen (secondary N) is 2. The molecule has 0 radical (unpaired) electrons. The van der Waals surface area contributed by atoms with E-state index in [-0.39, 0.29) is 5.97 Å². The smallest absolute Gasteiger partial charge is 0.313 e. The van der Waals surface area contributed by atoms with E-state index in [1.807, 2.05) is 34.6 Å². The van der Waals surface area contributed by atoms with Gasteiger partial charge >= 0.3 is 5.97 Å². The molecule has 0 heterocycles. The van der Waals surface area contributed by atoms with E-state index in [1.54, 1.807) is 5.57 Å². The predicted molar refractivity (Wildman–Crippen MR) is 133 cm³/mol. The number of ether oxygens (including phenoxy) is 1. The van der Waals surface area contributed by atoms with Crippen LogP contribution in [0.4, 0.5) is 0 Å². The molecule has 1 aromatic rings. The zero-order valence-corrected chi connectivity index (χ0v) is 21.0. The number of hydrogen-bond donors (Lipinski definition) is 2. The number of benzene rings is 1. The van der Waals surface area contributed by atoms with Gasteiger partial charge in [-0.3, -0.25) is 4.79 Å². The van der Waals surface area contributed by atoms with Crippen molar-refractivity contribution in [3.8, 4) is 0 Å². The van der Waals surface area contributed by atoms with Crippen molar-refractivity contribution in [2.24, 2.45) is 11.3 Å². The fraction of sp³-hybridized carbons (Fsp3) is 0.679. The average molecular weight is 441 g/mol. The summed E-state index contributed by atoms with van der Waals surface area (Å²) in [6.45, 7) is 12.7. The van der Waals surface area contributed by atoms with Gasteiger partial charge in [0.1, 0.15) is 5.60 Å². The zero-order valence-electron chi connectivity index (χ0n) is 21.0. The van der Waals surface area contributed by atoms with Crippen LogP contribution in [0.1, 0.15) is 85.6 Å². The molecule has 0 aromatic heterocycles. The van der Waals surface area contributed by atoms with Gasteiger partial charge in [-0.2, -0.15) is 0 Å². The van der Waals surface area contributed by atoms with E-state index in [4.69, 9.17) is 4.74 Å². The lowest BCUT2D eigenvalue weighted by molar-refractivity contribution is -0.165. The second kappa shape index (κ2) is 10.5. The highest BCUT2D eigenvalue weighted by Crippen LogP contribution is 2.40. The lowest BCUT2D eigenvalue weighted by Crippen LogP contribution is -2.46. The number of rotatable bonds is 9. The Hall–Kier alpha value is -1.65. The second-order valence-electron chi connectivity index (χ2n) is 11.4. The molecule has 0 aliphatic heterocycles. The number of carbonyl (C=O) groups excluding carboxylic acids is 1. The van der Waals surface area contributed by atoms with E-state index < -0.39 is 11.0 Å². The van der Waals surface area contributed by atoms with Crippen LogP contribution in [0.5, 0.6) is 0 Å². The predicted octanol–water partition coefficient (Wildman–Crippen LogP) is 5.73. The van der Waals surface area contributed by atoms with Crippen molar-refractivity contribution < 1.29 is 9.53 Å². The van der Waals surface area contributed by atoms with E-state index in [0.717, 1.165) is 6.42 Å². The summed E-state index contributed by atoms with van der Waals surface area (Å²) in [5.74, 6) is 0.577. The Labute approximate surface area is 195 Å². The fourth-order valence-electron chi connectivity index (χ4n) is 4.68. The first-order chi connectivity index (χ1) is 15.1. The molecule has 2 aliphatic rings. The molecule has 1 aromatic carbocycles. The SMILES string of the molecule is CC/C(=C\c1ccccc1)[C@@H]1CC1NC1CCC(NCC(C)(C)C(=O)OC(C)(C)C)CC1. The molecule has 2 fully saturated rings.